The molecule has 1 unspecified atom stereocenters. The number of Topliss-reactive ketones (excluding diaryl/α,β-unsaturated/α-hetero) is 1. The lowest BCUT2D eigenvalue weighted by atomic mass is 9.83. The van der Waals surface area contributed by atoms with E-state index in [0.29, 0.717) is 37.3 Å². The van der Waals surface area contributed by atoms with Crippen LogP contribution in [0.25, 0.3) is 0 Å². The van der Waals surface area contributed by atoms with Crippen LogP contribution in [0.4, 0.5) is 0 Å². The van der Waals surface area contributed by atoms with Gasteiger partial charge in [-0.2, -0.15) is 11.8 Å². The first-order valence-electron chi connectivity index (χ1n) is 20.1. The predicted octanol–water partition coefficient (Wildman–Crippen LogP) is 2.70. The third kappa shape index (κ3) is 12.0. The van der Waals surface area contributed by atoms with Crippen LogP contribution in [0.5, 0.6) is 5.75 Å². The topological polar surface area (TPSA) is 183 Å². The molecule has 1 saturated heterocycles. The molecule has 0 spiro atoms. The largest absolute Gasteiger partial charge is 0.494 e. The molecule has 0 aromatic heterocycles. The maximum absolute atomic E-state index is 14.6. The minimum absolute atomic E-state index is 0.0719. The zero-order valence-corrected chi connectivity index (χ0v) is 33.9. The predicted molar refractivity (Wildman–Crippen MR) is 216 cm³/mol. The van der Waals surface area contributed by atoms with Gasteiger partial charge in [0.05, 0.1) is 25.6 Å². The highest BCUT2D eigenvalue weighted by atomic mass is 32.2. The normalized spacial score (nSPS) is 21.6. The third-order valence-electron chi connectivity index (χ3n) is 10.7. The molecule has 14 nitrogen and oxygen atoms in total. The van der Waals surface area contributed by atoms with Gasteiger partial charge in [-0.05, 0) is 67.0 Å². The monoisotopic (exact) mass is 804 g/mol. The molecule has 2 aromatic carbocycles. The van der Waals surface area contributed by atoms with Crippen LogP contribution in [0, 0.1) is 5.92 Å². The van der Waals surface area contributed by atoms with Crippen molar-refractivity contribution in [1.82, 2.24) is 31.1 Å². The minimum atomic E-state index is -1.20. The van der Waals surface area contributed by atoms with Crippen molar-refractivity contribution in [2.75, 3.05) is 39.5 Å². The number of nitrogens with zero attached hydrogens (tertiary/aromatic N) is 2. The maximum atomic E-state index is 14.6. The molecule has 1 aliphatic carbocycles. The van der Waals surface area contributed by atoms with Crippen LogP contribution in [0.3, 0.4) is 0 Å². The molecule has 308 valence electrons. The molecule has 0 radical (unpaired) electrons. The Bertz CT molecular complexity index is 1750. The zero-order valence-electron chi connectivity index (χ0n) is 33.1. The van der Waals surface area contributed by atoms with Gasteiger partial charge < -0.3 is 35.8 Å². The number of likely N-dealkylation sites (N-methyl/N-ethyl adjacent to an activating group) is 1. The second-order valence-corrected chi connectivity index (χ2v) is 16.7. The van der Waals surface area contributed by atoms with Gasteiger partial charge in [0.2, 0.25) is 35.3 Å². The molecule has 4 N–H and O–H groups in total. The van der Waals surface area contributed by atoms with Crippen molar-refractivity contribution in [1.29, 1.82) is 0 Å². The Morgan fingerprint density at radius 2 is 1.72 bits per heavy atom. The van der Waals surface area contributed by atoms with Crippen molar-refractivity contribution in [2.45, 2.75) is 101 Å². The van der Waals surface area contributed by atoms with E-state index in [1.54, 1.807) is 61.1 Å². The second kappa shape index (κ2) is 21.0. The standard InChI is InChI=1S/C42H56N6O8S/c1-4-13-32(38(51)40(53)43-25-35(50)46-36(41(54)47(2)3)28-15-7-5-8-16-28)44-39(52)33-24-31-26-48(33)42(55)37(29-17-9-6-10-18-29)45-34(49)23-27-14-11-19-30(22-27)56-20-12-21-57-31/h5,7-8,11,14-16,19,22,29,31-33,36-37H,4,6,9-10,12-13,17-18,20-21,23-26H2,1-3H3,(H,43,53)(H,44,52)(H,45,49)(H,46,50)/t31-,32+,33+,36?,37+/m1/s1. The number of rotatable bonds is 12. The number of hydrogen-bond donors (Lipinski definition) is 4. The smallest absolute Gasteiger partial charge is 0.290 e. The van der Waals surface area contributed by atoms with Crippen LogP contribution in [-0.2, 0) is 40.0 Å². The van der Waals surface area contributed by atoms with Gasteiger partial charge >= 0.3 is 0 Å². The Balaban J connectivity index is 1.28. The first kappa shape index (κ1) is 43.2. The van der Waals surface area contributed by atoms with Gasteiger partial charge in [0.15, 0.2) is 0 Å². The summed E-state index contributed by atoms with van der Waals surface area (Å²) in [7, 11) is 3.13. The van der Waals surface area contributed by atoms with Crippen molar-refractivity contribution in [2.24, 2.45) is 5.92 Å². The molecule has 15 heteroatoms. The number of thioether (sulfide) groups is 1. The SMILES string of the molecule is CCC[C@H](NC(=O)[C@@H]1C[C@@H]2CN1C(=O)[C@H](C1CCCCC1)NC(=O)Cc1cccc(c1)OCCCS2)C(=O)C(=O)NCC(=O)NC(C(=O)N(C)C)c1ccccc1. The lowest BCUT2D eigenvalue weighted by Crippen LogP contribution is -2.58. The summed E-state index contributed by atoms with van der Waals surface area (Å²) in [6, 6.07) is 12.1. The molecule has 5 rings (SSSR count). The zero-order chi connectivity index (χ0) is 40.9. The first-order valence-corrected chi connectivity index (χ1v) is 21.1. The summed E-state index contributed by atoms with van der Waals surface area (Å²) in [5, 5.41) is 10.7. The van der Waals surface area contributed by atoms with Crippen LogP contribution >= 0.6 is 11.8 Å². The van der Waals surface area contributed by atoms with E-state index in [1.807, 2.05) is 31.2 Å². The highest BCUT2D eigenvalue weighted by Gasteiger charge is 2.45. The van der Waals surface area contributed by atoms with E-state index in [-0.39, 0.29) is 41.7 Å². The molecule has 3 aliphatic rings. The fraction of sp³-hybridized carbons (Fsp3) is 0.548. The van der Waals surface area contributed by atoms with E-state index in [4.69, 9.17) is 4.74 Å². The van der Waals surface area contributed by atoms with E-state index in [2.05, 4.69) is 21.3 Å². The van der Waals surface area contributed by atoms with Crippen LogP contribution < -0.4 is 26.0 Å². The number of hydrogen-bond acceptors (Lipinski definition) is 9. The highest BCUT2D eigenvalue weighted by Crippen LogP contribution is 2.33. The van der Waals surface area contributed by atoms with Crippen molar-refractivity contribution >= 4 is 53.0 Å². The van der Waals surface area contributed by atoms with E-state index >= 15 is 0 Å². The third-order valence-corrected chi connectivity index (χ3v) is 12.0. The second-order valence-electron chi connectivity index (χ2n) is 15.2. The van der Waals surface area contributed by atoms with Crippen molar-refractivity contribution in [3.05, 3.63) is 65.7 Å². The van der Waals surface area contributed by atoms with E-state index in [0.717, 1.165) is 49.8 Å². The van der Waals surface area contributed by atoms with Gasteiger partial charge in [-0.15, -0.1) is 0 Å². The number of ketones is 1. The summed E-state index contributed by atoms with van der Waals surface area (Å²) in [5.41, 5.74) is 1.32. The fourth-order valence-electron chi connectivity index (χ4n) is 7.73. The van der Waals surface area contributed by atoms with Crippen molar-refractivity contribution in [3.63, 3.8) is 0 Å². The average molecular weight is 805 g/mol. The molecule has 2 fully saturated rings. The van der Waals surface area contributed by atoms with Gasteiger partial charge in [-0.1, -0.05) is 75.1 Å². The number of nitrogens with one attached hydrogen (secondary N) is 4. The van der Waals surface area contributed by atoms with Crippen molar-refractivity contribution < 1.29 is 38.3 Å². The molecule has 5 atom stereocenters. The number of amides is 6. The number of fused-ring (bicyclic) bond motifs is 4. The average Bonchev–Trinajstić information content (AvgIpc) is 3.65. The van der Waals surface area contributed by atoms with Crippen LogP contribution in [-0.4, -0.2) is 114 Å². The van der Waals surface area contributed by atoms with Crippen molar-refractivity contribution in [3.8, 4) is 5.75 Å². The number of carbonyl (C=O) groups is 7. The van der Waals surface area contributed by atoms with Crippen LogP contribution in [0.15, 0.2) is 54.6 Å². The molecule has 4 bridgehead atoms. The van der Waals surface area contributed by atoms with Gasteiger partial charge in [0.25, 0.3) is 5.91 Å². The maximum Gasteiger partial charge on any atom is 0.290 e. The Labute approximate surface area is 339 Å². The van der Waals surface area contributed by atoms with Gasteiger partial charge in [-0.25, -0.2) is 0 Å². The number of benzene rings is 2. The van der Waals surface area contributed by atoms with Crippen LogP contribution in [0.1, 0.15) is 81.9 Å². The van der Waals surface area contributed by atoms with Gasteiger partial charge in [0.1, 0.15) is 23.9 Å². The number of ether oxygens (including phenoxy) is 1. The molecule has 2 aromatic rings. The molecule has 6 amide bonds. The van der Waals surface area contributed by atoms with E-state index < -0.39 is 54.2 Å². The first-order chi connectivity index (χ1) is 27.4. The Morgan fingerprint density at radius 1 is 0.965 bits per heavy atom. The molecule has 2 aliphatic heterocycles. The van der Waals surface area contributed by atoms with Gasteiger partial charge in [0, 0.05) is 25.9 Å². The summed E-state index contributed by atoms with van der Waals surface area (Å²) in [6.07, 6.45) is 6.26. The molecule has 1 saturated carbocycles. The summed E-state index contributed by atoms with van der Waals surface area (Å²) >= 11 is 1.66. The minimum Gasteiger partial charge on any atom is -0.494 e. The summed E-state index contributed by atoms with van der Waals surface area (Å²) in [5.74, 6) is -2.85. The van der Waals surface area contributed by atoms with Crippen LogP contribution in [0.2, 0.25) is 0 Å². The summed E-state index contributed by atoms with van der Waals surface area (Å²) in [4.78, 5) is 97.7. The van der Waals surface area contributed by atoms with Gasteiger partial charge in [-0.3, -0.25) is 33.6 Å². The van der Waals surface area contributed by atoms with E-state index in [1.165, 1.54) is 4.90 Å². The quantitative estimate of drug-likeness (QED) is 0.235. The highest BCUT2D eigenvalue weighted by molar-refractivity contribution is 7.99. The number of carbonyl (C=O) groups excluding carboxylic acids is 7. The Morgan fingerprint density at radius 3 is 2.44 bits per heavy atom. The lowest BCUT2D eigenvalue weighted by molar-refractivity contribution is -0.144. The Hall–Kier alpha value is -4.92. The fourth-order valence-corrected chi connectivity index (χ4v) is 8.93. The summed E-state index contributed by atoms with van der Waals surface area (Å²) in [6.45, 7) is 2.01. The molecule has 2 heterocycles. The molecular formula is C42H56N6O8S. The van der Waals surface area contributed by atoms with E-state index in [9.17, 15) is 33.6 Å². The Kier molecular flexibility index (Phi) is 15.9. The molecule has 57 heavy (non-hydrogen) atoms. The molecular weight excluding hydrogens is 749 g/mol. The lowest BCUT2D eigenvalue weighted by Gasteiger charge is -2.35. The summed E-state index contributed by atoms with van der Waals surface area (Å²) < 4.78 is 5.97.